The van der Waals surface area contributed by atoms with Crippen molar-refractivity contribution < 1.29 is 19.1 Å². The van der Waals surface area contributed by atoms with Crippen molar-refractivity contribution >= 4 is 23.2 Å². The number of hydrogen-bond acceptors (Lipinski definition) is 4. The molecule has 146 valence electrons. The van der Waals surface area contributed by atoms with Crippen LogP contribution < -0.4 is 15.4 Å². The molecular weight excluding hydrogens is 356 g/mol. The van der Waals surface area contributed by atoms with Crippen LogP contribution in [0.1, 0.15) is 36.0 Å². The monoisotopic (exact) mass is 380 g/mol. The van der Waals surface area contributed by atoms with Crippen molar-refractivity contribution in [2.45, 2.75) is 31.8 Å². The van der Waals surface area contributed by atoms with Crippen molar-refractivity contribution in [3.63, 3.8) is 0 Å². The Balaban J connectivity index is 1.32. The number of amides is 2. The average Bonchev–Trinajstić information content (AvgIpc) is 3.43. The minimum Gasteiger partial charge on any atom is -0.491 e. The van der Waals surface area contributed by atoms with Crippen molar-refractivity contribution in [2.75, 3.05) is 23.8 Å². The Morgan fingerprint density at radius 3 is 2.54 bits per heavy atom. The van der Waals surface area contributed by atoms with E-state index in [0.29, 0.717) is 29.3 Å². The van der Waals surface area contributed by atoms with Gasteiger partial charge in [0.25, 0.3) is 5.91 Å². The Morgan fingerprint density at radius 2 is 1.82 bits per heavy atom. The predicted molar refractivity (Wildman–Crippen MR) is 107 cm³/mol. The molecule has 1 atom stereocenters. The van der Waals surface area contributed by atoms with Crippen LogP contribution in [0.25, 0.3) is 0 Å². The van der Waals surface area contributed by atoms with E-state index in [0.717, 1.165) is 32.3 Å². The number of benzene rings is 2. The zero-order valence-corrected chi connectivity index (χ0v) is 15.6. The lowest BCUT2D eigenvalue weighted by atomic mass is 10.2. The molecule has 2 aliphatic rings. The minimum atomic E-state index is -0.212. The van der Waals surface area contributed by atoms with Gasteiger partial charge in [-0.3, -0.25) is 9.59 Å². The molecule has 6 heteroatoms. The first-order valence-corrected chi connectivity index (χ1v) is 9.74. The molecule has 1 saturated carbocycles. The number of ether oxygens (including phenoxy) is 2. The summed E-state index contributed by atoms with van der Waals surface area (Å²) >= 11 is 0. The molecule has 1 heterocycles. The third-order valence-corrected chi connectivity index (χ3v) is 4.91. The molecule has 2 amide bonds. The van der Waals surface area contributed by atoms with E-state index in [4.69, 9.17) is 9.47 Å². The van der Waals surface area contributed by atoms with E-state index in [9.17, 15) is 9.59 Å². The summed E-state index contributed by atoms with van der Waals surface area (Å²) in [5.41, 5.74) is 1.90. The highest BCUT2D eigenvalue weighted by Crippen LogP contribution is 2.30. The normalized spacial score (nSPS) is 18.5. The second-order valence-corrected chi connectivity index (χ2v) is 7.27. The lowest BCUT2D eigenvalue weighted by molar-refractivity contribution is -0.117. The first kappa shape index (κ1) is 18.5. The van der Waals surface area contributed by atoms with Crippen molar-refractivity contribution in [1.82, 2.24) is 0 Å². The molecule has 6 nitrogen and oxygen atoms in total. The van der Waals surface area contributed by atoms with Crippen molar-refractivity contribution in [3.05, 3.63) is 54.1 Å². The Hall–Kier alpha value is -2.86. The number of carbonyl (C=O) groups excluding carboxylic acids is 2. The highest BCUT2D eigenvalue weighted by Gasteiger charge is 2.29. The summed E-state index contributed by atoms with van der Waals surface area (Å²) in [6.07, 6.45) is 4.17. The molecule has 0 bridgehead atoms. The number of anilines is 2. The fourth-order valence-corrected chi connectivity index (χ4v) is 3.13. The standard InChI is InChI=1S/C22H24N2O4/c25-21(15-6-7-15)23-17-10-8-16(9-11-17)22(26)24-18-3-1-4-19(13-18)28-14-20-5-2-12-27-20/h1,3-4,8-11,13,15,20H,2,5-7,12,14H2,(H,23,25)(H,24,26). The number of nitrogens with one attached hydrogen (secondary N) is 2. The van der Waals surface area contributed by atoms with Crippen LogP contribution in [0.5, 0.6) is 5.75 Å². The zero-order chi connectivity index (χ0) is 19.3. The van der Waals surface area contributed by atoms with Crippen LogP contribution in [0, 0.1) is 5.92 Å². The largest absolute Gasteiger partial charge is 0.491 e. The molecule has 1 aliphatic heterocycles. The minimum absolute atomic E-state index is 0.0528. The Bertz CT molecular complexity index is 840. The second-order valence-electron chi connectivity index (χ2n) is 7.27. The summed E-state index contributed by atoms with van der Waals surface area (Å²) in [4.78, 5) is 24.3. The maximum absolute atomic E-state index is 12.5. The summed E-state index contributed by atoms with van der Waals surface area (Å²) in [6, 6.07) is 14.2. The van der Waals surface area contributed by atoms with E-state index in [1.54, 1.807) is 30.3 Å². The molecule has 0 spiro atoms. The fourth-order valence-electron chi connectivity index (χ4n) is 3.13. The van der Waals surface area contributed by atoms with Gasteiger partial charge in [0.05, 0.1) is 6.10 Å². The maximum Gasteiger partial charge on any atom is 0.255 e. The van der Waals surface area contributed by atoms with E-state index in [-0.39, 0.29) is 23.8 Å². The molecule has 28 heavy (non-hydrogen) atoms. The smallest absolute Gasteiger partial charge is 0.255 e. The molecule has 2 aromatic carbocycles. The summed E-state index contributed by atoms with van der Waals surface area (Å²) in [5.74, 6) is 0.692. The lowest BCUT2D eigenvalue weighted by Crippen LogP contribution is -2.16. The molecular formula is C22H24N2O4. The second kappa shape index (κ2) is 8.44. The van der Waals surface area contributed by atoms with Gasteiger partial charge < -0.3 is 20.1 Å². The van der Waals surface area contributed by atoms with Gasteiger partial charge in [0.15, 0.2) is 0 Å². The average molecular weight is 380 g/mol. The van der Waals surface area contributed by atoms with Crippen molar-refractivity contribution in [3.8, 4) is 5.75 Å². The van der Waals surface area contributed by atoms with Gasteiger partial charge in [0, 0.05) is 35.5 Å². The molecule has 0 aromatic heterocycles. The van der Waals surface area contributed by atoms with E-state index in [1.807, 2.05) is 18.2 Å². The zero-order valence-electron chi connectivity index (χ0n) is 15.6. The van der Waals surface area contributed by atoms with Gasteiger partial charge in [0.2, 0.25) is 5.91 Å². The van der Waals surface area contributed by atoms with Crippen LogP contribution in [0.2, 0.25) is 0 Å². The van der Waals surface area contributed by atoms with Gasteiger partial charge in [-0.05, 0) is 62.1 Å². The van der Waals surface area contributed by atoms with Crippen LogP contribution in [0.3, 0.4) is 0 Å². The predicted octanol–water partition coefficient (Wildman–Crippen LogP) is 3.85. The molecule has 2 fully saturated rings. The van der Waals surface area contributed by atoms with Gasteiger partial charge in [-0.2, -0.15) is 0 Å². The quantitative estimate of drug-likeness (QED) is 0.765. The van der Waals surface area contributed by atoms with Crippen LogP contribution in [-0.2, 0) is 9.53 Å². The lowest BCUT2D eigenvalue weighted by Gasteiger charge is -2.12. The van der Waals surface area contributed by atoms with E-state index < -0.39 is 0 Å². The van der Waals surface area contributed by atoms with Gasteiger partial charge in [0.1, 0.15) is 12.4 Å². The topological polar surface area (TPSA) is 76.7 Å². The highest BCUT2D eigenvalue weighted by molar-refractivity contribution is 6.04. The van der Waals surface area contributed by atoms with Crippen molar-refractivity contribution in [2.24, 2.45) is 5.92 Å². The molecule has 1 aliphatic carbocycles. The van der Waals surface area contributed by atoms with Crippen LogP contribution in [0.15, 0.2) is 48.5 Å². The van der Waals surface area contributed by atoms with E-state index >= 15 is 0 Å². The van der Waals surface area contributed by atoms with Gasteiger partial charge in [-0.1, -0.05) is 6.07 Å². The fraction of sp³-hybridized carbons (Fsp3) is 0.364. The molecule has 1 unspecified atom stereocenters. The Labute approximate surface area is 164 Å². The molecule has 4 rings (SSSR count). The first-order valence-electron chi connectivity index (χ1n) is 9.74. The highest BCUT2D eigenvalue weighted by atomic mass is 16.5. The first-order chi connectivity index (χ1) is 13.7. The molecule has 1 saturated heterocycles. The number of carbonyl (C=O) groups is 2. The van der Waals surface area contributed by atoms with Crippen molar-refractivity contribution in [1.29, 1.82) is 0 Å². The summed E-state index contributed by atoms with van der Waals surface area (Å²) in [5, 5.41) is 5.74. The summed E-state index contributed by atoms with van der Waals surface area (Å²) in [6.45, 7) is 1.32. The maximum atomic E-state index is 12.5. The summed E-state index contributed by atoms with van der Waals surface area (Å²) < 4.78 is 11.3. The third-order valence-electron chi connectivity index (χ3n) is 4.91. The van der Waals surface area contributed by atoms with E-state index in [2.05, 4.69) is 10.6 Å². The van der Waals surface area contributed by atoms with Crippen LogP contribution in [0.4, 0.5) is 11.4 Å². The van der Waals surface area contributed by atoms with Gasteiger partial charge >= 0.3 is 0 Å². The SMILES string of the molecule is O=C(Nc1cccc(OCC2CCCO2)c1)c1ccc(NC(=O)C2CC2)cc1. The van der Waals surface area contributed by atoms with E-state index in [1.165, 1.54) is 0 Å². The molecule has 2 N–H and O–H groups in total. The third kappa shape index (κ3) is 4.89. The van der Waals surface area contributed by atoms with Gasteiger partial charge in [-0.25, -0.2) is 0 Å². The number of hydrogen-bond donors (Lipinski definition) is 2. The summed E-state index contributed by atoms with van der Waals surface area (Å²) in [7, 11) is 0. The Morgan fingerprint density at radius 1 is 1.00 bits per heavy atom. The van der Waals surface area contributed by atoms with Crippen LogP contribution in [-0.4, -0.2) is 31.1 Å². The molecule has 0 radical (unpaired) electrons. The van der Waals surface area contributed by atoms with Gasteiger partial charge in [-0.15, -0.1) is 0 Å². The van der Waals surface area contributed by atoms with Crippen LogP contribution >= 0.6 is 0 Å². The molecule has 2 aromatic rings. The number of rotatable bonds is 7. The Kier molecular flexibility index (Phi) is 5.58.